The van der Waals surface area contributed by atoms with E-state index in [0.717, 1.165) is 20.9 Å². The smallest absolute Gasteiger partial charge is 0.348 e. The van der Waals surface area contributed by atoms with Crippen LogP contribution in [0.5, 0.6) is 0 Å². The lowest BCUT2D eigenvalue weighted by Gasteiger charge is -2.09. The number of anilines is 1. The van der Waals surface area contributed by atoms with Gasteiger partial charge in [0.15, 0.2) is 6.61 Å². The Labute approximate surface area is 154 Å². The molecule has 4 rings (SSSR count). The molecule has 0 bridgehead atoms. The molecule has 4 nitrogen and oxygen atoms in total. The van der Waals surface area contributed by atoms with Crippen LogP contribution >= 0.6 is 11.3 Å². The number of rotatable bonds is 4. The lowest BCUT2D eigenvalue weighted by molar-refractivity contribution is -0.119. The second-order valence-corrected chi connectivity index (χ2v) is 6.88. The molecule has 1 N–H and O–H groups in total. The van der Waals surface area contributed by atoms with Gasteiger partial charge < -0.3 is 10.1 Å². The first-order chi connectivity index (χ1) is 12.7. The van der Waals surface area contributed by atoms with E-state index in [1.54, 1.807) is 6.07 Å². The van der Waals surface area contributed by atoms with Crippen molar-refractivity contribution in [3.63, 3.8) is 0 Å². The zero-order chi connectivity index (χ0) is 17.9. The standard InChI is InChI=1S/C21H15NO3S/c23-20(22-17-10-5-8-14-6-1-3-9-16(14)17)13-25-21(24)19-12-15-7-2-4-11-18(15)26-19/h1-12H,13H2,(H,22,23). The molecular weight excluding hydrogens is 346 g/mol. The highest BCUT2D eigenvalue weighted by Crippen LogP contribution is 2.26. The fraction of sp³-hybridized carbons (Fsp3) is 0.0476. The topological polar surface area (TPSA) is 55.4 Å². The summed E-state index contributed by atoms with van der Waals surface area (Å²) in [6, 6.07) is 23.0. The quantitative estimate of drug-likeness (QED) is 0.529. The van der Waals surface area contributed by atoms with Crippen LogP contribution in [0.15, 0.2) is 72.8 Å². The minimum absolute atomic E-state index is 0.323. The summed E-state index contributed by atoms with van der Waals surface area (Å²) in [7, 11) is 0. The number of carbonyl (C=O) groups is 2. The predicted molar refractivity (Wildman–Crippen MR) is 105 cm³/mol. The van der Waals surface area contributed by atoms with Gasteiger partial charge in [0.05, 0.1) is 0 Å². The van der Waals surface area contributed by atoms with E-state index in [1.807, 2.05) is 66.7 Å². The van der Waals surface area contributed by atoms with E-state index in [1.165, 1.54) is 11.3 Å². The first-order valence-electron chi connectivity index (χ1n) is 8.14. The Bertz CT molecular complexity index is 1080. The van der Waals surface area contributed by atoms with E-state index in [4.69, 9.17) is 4.74 Å². The molecule has 0 saturated carbocycles. The Morgan fingerprint density at radius 2 is 1.62 bits per heavy atom. The number of ether oxygens (including phenoxy) is 1. The zero-order valence-corrected chi connectivity index (χ0v) is 14.6. The van der Waals surface area contributed by atoms with Crippen LogP contribution in [0, 0.1) is 0 Å². The molecule has 4 aromatic rings. The molecule has 1 aromatic heterocycles. The monoisotopic (exact) mass is 361 g/mol. The van der Waals surface area contributed by atoms with Gasteiger partial charge in [0, 0.05) is 15.8 Å². The molecule has 5 heteroatoms. The van der Waals surface area contributed by atoms with Gasteiger partial charge in [-0.1, -0.05) is 54.6 Å². The van der Waals surface area contributed by atoms with Crippen LogP contribution in [0.25, 0.3) is 20.9 Å². The molecule has 0 spiro atoms. The minimum atomic E-state index is -0.487. The number of fused-ring (bicyclic) bond motifs is 2. The van der Waals surface area contributed by atoms with Crippen LogP contribution in [-0.2, 0) is 9.53 Å². The van der Waals surface area contributed by atoms with Crippen LogP contribution in [0.3, 0.4) is 0 Å². The number of carbonyl (C=O) groups excluding carboxylic acids is 2. The van der Waals surface area contributed by atoms with Crippen molar-refractivity contribution in [2.24, 2.45) is 0 Å². The lowest BCUT2D eigenvalue weighted by atomic mass is 10.1. The molecule has 0 radical (unpaired) electrons. The van der Waals surface area contributed by atoms with Crippen molar-refractivity contribution in [3.05, 3.63) is 77.7 Å². The Kier molecular flexibility index (Phi) is 4.37. The summed E-state index contributed by atoms with van der Waals surface area (Å²) in [5.41, 5.74) is 0.700. The fourth-order valence-electron chi connectivity index (χ4n) is 2.81. The molecule has 128 valence electrons. The van der Waals surface area contributed by atoms with Crippen molar-refractivity contribution < 1.29 is 14.3 Å². The van der Waals surface area contributed by atoms with Crippen LogP contribution in [0.2, 0.25) is 0 Å². The van der Waals surface area contributed by atoms with E-state index in [0.29, 0.717) is 10.6 Å². The highest BCUT2D eigenvalue weighted by molar-refractivity contribution is 7.20. The normalized spacial score (nSPS) is 10.8. The van der Waals surface area contributed by atoms with Gasteiger partial charge in [0.2, 0.25) is 0 Å². The van der Waals surface area contributed by atoms with Gasteiger partial charge in [-0.15, -0.1) is 11.3 Å². The molecule has 1 amide bonds. The van der Waals surface area contributed by atoms with E-state index >= 15 is 0 Å². The van der Waals surface area contributed by atoms with Gasteiger partial charge in [-0.3, -0.25) is 4.79 Å². The second kappa shape index (κ2) is 6.98. The summed E-state index contributed by atoms with van der Waals surface area (Å²) < 4.78 is 6.18. The van der Waals surface area contributed by atoms with Crippen LogP contribution < -0.4 is 5.32 Å². The SMILES string of the molecule is O=C(COC(=O)c1cc2ccccc2s1)Nc1cccc2ccccc12. The third-order valence-corrected chi connectivity index (χ3v) is 5.12. The maximum Gasteiger partial charge on any atom is 0.348 e. The van der Waals surface area contributed by atoms with Gasteiger partial charge in [-0.05, 0) is 29.0 Å². The van der Waals surface area contributed by atoms with Crippen molar-refractivity contribution in [3.8, 4) is 0 Å². The third-order valence-electron chi connectivity index (χ3n) is 4.02. The molecule has 3 aromatic carbocycles. The molecule has 0 aliphatic heterocycles. The van der Waals surface area contributed by atoms with Gasteiger partial charge >= 0.3 is 5.97 Å². The number of hydrogen-bond acceptors (Lipinski definition) is 4. The largest absolute Gasteiger partial charge is 0.451 e. The molecule has 1 heterocycles. The van der Waals surface area contributed by atoms with Gasteiger partial charge in [0.1, 0.15) is 4.88 Å². The maximum absolute atomic E-state index is 12.2. The highest BCUT2D eigenvalue weighted by Gasteiger charge is 2.14. The zero-order valence-electron chi connectivity index (χ0n) is 13.8. The van der Waals surface area contributed by atoms with Crippen molar-refractivity contribution in [1.82, 2.24) is 0 Å². The average Bonchev–Trinajstić information content (AvgIpc) is 3.11. The Morgan fingerprint density at radius 1 is 0.885 bits per heavy atom. The van der Waals surface area contributed by atoms with Gasteiger partial charge in [-0.25, -0.2) is 4.79 Å². The summed E-state index contributed by atoms with van der Waals surface area (Å²) in [5, 5.41) is 5.77. The molecular formula is C21H15NO3S. The summed E-state index contributed by atoms with van der Waals surface area (Å²) in [4.78, 5) is 24.9. The second-order valence-electron chi connectivity index (χ2n) is 5.80. The Hall–Kier alpha value is -3.18. The van der Waals surface area contributed by atoms with Crippen molar-refractivity contribution in [2.45, 2.75) is 0 Å². The van der Waals surface area contributed by atoms with E-state index in [-0.39, 0.29) is 12.5 Å². The van der Waals surface area contributed by atoms with Crippen molar-refractivity contribution >= 4 is 49.8 Å². The van der Waals surface area contributed by atoms with Crippen LogP contribution in [-0.4, -0.2) is 18.5 Å². The molecule has 0 fully saturated rings. The molecule has 0 aliphatic rings. The summed E-state index contributed by atoms with van der Waals surface area (Å²) in [5.74, 6) is -0.852. The number of benzene rings is 3. The minimum Gasteiger partial charge on any atom is -0.451 e. The van der Waals surface area contributed by atoms with E-state index in [2.05, 4.69) is 5.32 Å². The first-order valence-corrected chi connectivity index (χ1v) is 8.96. The molecule has 0 unspecified atom stereocenters. The summed E-state index contributed by atoms with van der Waals surface area (Å²) in [6.07, 6.45) is 0. The molecule has 0 atom stereocenters. The first kappa shape index (κ1) is 16.3. The number of amides is 1. The maximum atomic E-state index is 12.2. The van der Waals surface area contributed by atoms with E-state index in [9.17, 15) is 9.59 Å². The molecule has 26 heavy (non-hydrogen) atoms. The third kappa shape index (κ3) is 3.30. The van der Waals surface area contributed by atoms with Crippen LogP contribution in [0.4, 0.5) is 5.69 Å². The van der Waals surface area contributed by atoms with Crippen molar-refractivity contribution in [1.29, 1.82) is 0 Å². The number of thiophene rings is 1. The lowest BCUT2D eigenvalue weighted by Crippen LogP contribution is -2.20. The average molecular weight is 361 g/mol. The number of hydrogen-bond donors (Lipinski definition) is 1. The highest BCUT2D eigenvalue weighted by atomic mass is 32.1. The molecule has 0 aliphatic carbocycles. The summed E-state index contributed by atoms with van der Waals surface area (Å²) in [6.45, 7) is -0.323. The summed E-state index contributed by atoms with van der Waals surface area (Å²) >= 11 is 1.36. The predicted octanol–water partition coefficient (Wildman–Crippen LogP) is 4.85. The van der Waals surface area contributed by atoms with Crippen LogP contribution in [0.1, 0.15) is 9.67 Å². The van der Waals surface area contributed by atoms with Crippen molar-refractivity contribution in [2.75, 3.05) is 11.9 Å². The Balaban J connectivity index is 1.42. The van der Waals surface area contributed by atoms with Gasteiger partial charge in [0.25, 0.3) is 5.91 Å². The number of esters is 1. The number of nitrogens with one attached hydrogen (secondary N) is 1. The molecule has 0 saturated heterocycles. The Morgan fingerprint density at radius 3 is 2.46 bits per heavy atom. The van der Waals surface area contributed by atoms with E-state index < -0.39 is 5.97 Å². The van der Waals surface area contributed by atoms with Gasteiger partial charge in [-0.2, -0.15) is 0 Å². The fourth-order valence-corrected chi connectivity index (χ4v) is 3.76.